The molecule has 1 aromatic heterocycles. The van der Waals surface area contributed by atoms with Crippen molar-refractivity contribution in [1.29, 1.82) is 0 Å². The average Bonchev–Trinajstić information content (AvgIpc) is 2.55. The number of aromatic nitrogens is 1. The van der Waals surface area contributed by atoms with E-state index in [1.54, 1.807) is 30.3 Å². The van der Waals surface area contributed by atoms with Crippen LogP contribution in [-0.2, 0) is 17.8 Å². The summed E-state index contributed by atoms with van der Waals surface area (Å²) in [5, 5.41) is 9.91. The van der Waals surface area contributed by atoms with Gasteiger partial charge in [-0.05, 0) is 30.7 Å². The van der Waals surface area contributed by atoms with Crippen molar-refractivity contribution in [3.63, 3.8) is 0 Å². The molecule has 0 unspecified atom stereocenters. The third-order valence-corrected chi connectivity index (χ3v) is 3.19. The fourth-order valence-corrected chi connectivity index (χ4v) is 2.12. The number of aromatic hydroxyl groups is 1. The minimum atomic E-state index is -0.481. The van der Waals surface area contributed by atoms with Crippen molar-refractivity contribution >= 4 is 5.97 Å². The number of benzene rings is 1. The van der Waals surface area contributed by atoms with Gasteiger partial charge in [0.2, 0.25) is 0 Å². The van der Waals surface area contributed by atoms with E-state index in [4.69, 9.17) is 4.74 Å². The number of esters is 1. The number of hydrogen-bond donors (Lipinski definition) is 1. The van der Waals surface area contributed by atoms with E-state index in [1.165, 1.54) is 7.11 Å². The molecule has 0 spiro atoms. The van der Waals surface area contributed by atoms with Gasteiger partial charge in [0.25, 0.3) is 0 Å². The summed E-state index contributed by atoms with van der Waals surface area (Å²) in [5.74, 6) is 0.383. The highest BCUT2D eigenvalue weighted by molar-refractivity contribution is 5.87. The van der Waals surface area contributed by atoms with E-state index in [9.17, 15) is 9.90 Å². The van der Waals surface area contributed by atoms with Gasteiger partial charge in [-0.15, -0.1) is 0 Å². The largest absolute Gasteiger partial charge is 0.508 e. The molecular weight excluding hydrogens is 282 g/mol. The van der Waals surface area contributed by atoms with Crippen molar-refractivity contribution in [3.05, 3.63) is 53.3 Å². The van der Waals surface area contributed by atoms with Crippen molar-refractivity contribution in [3.8, 4) is 11.5 Å². The molecule has 1 N–H and O–H groups in total. The Bertz CT molecular complexity index is 655. The molecule has 2 rings (SSSR count). The van der Waals surface area contributed by atoms with Crippen LogP contribution in [0.15, 0.2) is 36.4 Å². The summed E-state index contributed by atoms with van der Waals surface area (Å²) in [7, 11) is 1.32. The maximum Gasteiger partial charge on any atom is 0.356 e. The van der Waals surface area contributed by atoms with E-state index in [-0.39, 0.29) is 18.1 Å². The molecule has 116 valence electrons. The number of ether oxygens (including phenoxy) is 2. The first-order chi connectivity index (χ1) is 10.7. The SMILES string of the molecule is CCCc1c(O)cccc1OCc1cccc(C(=O)OC)n1. The van der Waals surface area contributed by atoms with Crippen LogP contribution in [0.2, 0.25) is 0 Å². The molecule has 5 heteroatoms. The Kier molecular flexibility index (Phi) is 5.36. The molecule has 0 saturated heterocycles. The normalized spacial score (nSPS) is 10.3. The third kappa shape index (κ3) is 3.75. The Labute approximate surface area is 129 Å². The Morgan fingerprint density at radius 2 is 2.00 bits per heavy atom. The quantitative estimate of drug-likeness (QED) is 0.830. The molecule has 0 fully saturated rings. The maximum absolute atomic E-state index is 11.5. The lowest BCUT2D eigenvalue weighted by atomic mass is 10.1. The van der Waals surface area contributed by atoms with Crippen molar-refractivity contribution in [2.75, 3.05) is 7.11 Å². The summed E-state index contributed by atoms with van der Waals surface area (Å²) in [6.07, 6.45) is 1.64. The van der Waals surface area contributed by atoms with Crippen molar-refractivity contribution < 1.29 is 19.4 Å². The van der Waals surface area contributed by atoms with Gasteiger partial charge in [0.15, 0.2) is 0 Å². The Morgan fingerprint density at radius 1 is 1.23 bits per heavy atom. The number of pyridine rings is 1. The van der Waals surface area contributed by atoms with Gasteiger partial charge in [-0.1, -0.05) is 25.5 Å². The lowest BCUT2D eigenvalue weighted by Crippen LogP contribution is -2.07. The average molecular weight is 301 g/mol. The maximum atomic E-state index is 11.5. The molecule has 0 amide bonds. The molecule has 0 saturated carbocycles. The summed E-state index contributed by atoms with van der Waals surface area (Å²) in [5.41, 5.74) is 1.65. The Balaban J connectivity index is 2.13. The number of methoxy groups -OCH3 is 1. The molecule has 1 heterocycles. The topological polar surface area (TPSA) is 68.7 Å². The first-order valence-corrected chi connectivity index (χ1v) is 7.13. The molecule has 0 aliphatic carbocycles. The minimum Gasteiger partial charge on any atom is -0.508 e. The van der Waals surface area contributed by atoms with E-state index in [0.29, 0.717) is 11.4 Å². The fraction of sp³-hybridized carbons (Fsp3) is 0.294. The van der Waals surface area contributed by atoms with Gasteiger partial charge >= 0.3 is 5.97 Å². The first-order valence-electron chi connectivity index (χ1n) is 7.13. The number of carbonyl (C=O) groups is 1. The second-order valence-corrected chi connectivity index (χ2v) is 4.80. The first kappa shape index (κ1) is 15.8. The van der Waals surface area contributed by atoms with E-state index in [2.05, 4.69) is 9.72 Å². The molecule has 0 atom stereocenters. The number of phenolic OH excluding ortho intramolecular Hbond substituents is 1. The number of carbonyl (C=O) groups excluding carboxylic acids is 1. The van der Waals surface area contributed by atoms with Crippen molar-refractivity contribution in [1.82, 2.24) is 4.98 Å². The molecule has 0 aliphatic rings. The van der Waals surface area contributed by atoms with Crippen LogP contribution in [0.4, 0.5) is 0 Å². The highest BCUT2D eigenvalue weighted by Crippen LogP contribution is 2.29. The predicted molar refractivity (Wildman–Crippen MR) is 82.0 cm³/mol. The zero-order chi connectivity index (χ0) is 15.9. The van der Waals surface area contributed by atoms with Gasteiger partial charge < -0.3 is 14.6 Å². The number of phenols is 1. The summed E-state index contributed by atoms with van der Waals surface area (Å²) in [6.45, 7) is 2.25. The third-order valence-electron chi connectivity index (χ3n) is 3.19. The van der Waals surface area contributed by atoms with Gasteiger partial charge in [0.1, 0.15) is 23.8 Å². The summed E-state index contributed by atoms with van der Waals surface area (Å²) >= 11 is 0. The second-order valence-electron chi connectivity index (χ2n) is 4.80. The van der Waals surface area contributed by atoms with Crippen LogP contribution in [-0.4, -0.2) is 23.2 Å². The van der Waals surface area contributed by atoms with E-state index < -0.39 is 5.97 Å². The highest BCUT2D eigenvalue weighted by Gasteiger charge is 2.10. The van der Waals surface area contributed by atoms with Crippen LogP contribution in [0.5, 0.6) is 11.5 Å². The second kappa shape index (κ2) is 7.45. The molecule has 0 radical (unpaired) electrons. The molecule has 2 aromatic rings. The standard InChI is InChI=1S/C17H19NO4/c1-3-6-13-15(19)9-5-10-16(13)22-11-12-7-4-8-14(18-12)17(20)21-2/h4-5,7-10,19H,3,6,11H2,1-2H3. The highest BCUT2D eigenvalue weighted by atomic mass is 16.5. The van der Waals surface area contributed by atoms with E-state index in [0.717, 1.165) is 18.4 Å². The van der Waals surface area contributed by atoms with Crippen LogP contribution in [0.1, 0.15) is 35.1 Å². The zero-order valence-electron chi connectivity index (χ0n) is 12.7. The lowest BCUT2D eigenvalue weighted by molar-refractivity contribution is 0.0593. The van der Waals surface area contributed by atoms with Crippen LogP contribution in [0.25, 0.3) is 0 Å². The molecule has 1 aromatic carbocycles. The van der Waals surface area contributed by atoms with Gasteiger partial charge in [-0.3, -0.25) is 0 Å². The zero-order valence-corrected chi connectivity index (χ0v) is 12.7. The van der Waals surface area contributed by atoms with Crippen LogP contribution < -0.4 is 4.74 Å². The minimum absolute atomic E-state index is 0.213. The van der Waals surface area contributed by atoms with Crippen molar-refractivity contribution in [2.45, 2.75) is 26.4 Å². The molecule has 0 aliphatic heterocycles. The van der Waals surface area contributed by atoms with Gasteiger partial charge in [-0.2, -0.15) is 0 Å². The van der Waals surface area contributed by atoms with Gasteiger partial charge in [-0.25, -0.2) is 9.78 Å². The monoisotopic (exact) mass is 301 g/mol. The number of hydrogen-bond acceptors (Lipinski definition) is 5. The molecule has 22 heavy (non-hydrogen) atoms. The molecule has 0 bridgehead atoms. The van der Waals surface area contributed by atoms with Crippen molar-refractivity contribution in [2.24, 2.45) is 0 Å². The lowest BCUT2D eigenvalue weighted by Gasteiger charge is -2.12. The van der Waals surface area contributed by atoms with E-state index >= 15 is 0 Å². The van der Waals surface area contributed by atoms with Gasteiger partial charge in [0.05, 0.1) is 12.8 Å². The molecular formula is C17H19NO4. The fourth-order valence-electron chi connectivity index (χ4n) is 2.12. The van der Waals surface area contributed by atoms with Crippen LogP contribution in [0.3, 0.4) is 0 Å². The summed E-state index contributed by atoms with van der Waals surface area (Å²) in [6, 6.07) is 10.3. The molecule has 5 nitrogen and oxygen atoms in total. The number of rotatable bonds is 6. The smallest absolute Gasteiger partial charge is 0.356 e. The summed E-state index contributed by atoms with van der Waals surface area (Å²) < 4.78 is 10.4. The predicted octanol–water partition coefficient (Wildman–Crippen LogP) is 3.11. The van der Waals surface area contributed by atoms with Crippen LogP contribution >= 0.6 is 0 Å². The van der Waals surface area contributed by atoms with Gasteiger partial charge in [0, 0.05) is 5.56 Å². The Hall–Kier alpha value is -2.56. The number of nitrogens with zero attached hydrogens (tertiary/aromatic N) is 1. The van der Waals surface area contributed by atoms with Crippen LogP contribution in [0, 0.1) is 0 Å². The summed E-state index contributed by atoms with van der Waals surface area (Å²) in [4.78, 5) is 15.7. The Morgan fingerprint density at radius 3 is 2.73 bits per heavy atom. The van der Waals surface area contributed by atoms with E-state index in [1.807, 2.05) is 13.0 Å².